The molecule has 0 fully saturated rings. The molecular weight excluding hydrogens is 324 g/mol. The molecule has 4 aromatic rings. The first-order valence-electron chi connectivity index (χ1n) is 8.96. The quantitative estimate of drug-likeness (QED) is 0.524. The number of aryl methyl sites for hydroxylation is 2. The number of hydrogen-bond donors (Lipinski definition) is 2. The van der Waals surface area contributed by atoms with E-state index in [0.717, 1.165) is 46.3 Å². The maximum Gasteiger partial charge on any atom is 0.224 e. The number of rotatable bonds is 6. The van der Waals surface area contributed by atoms with E-state index in [0.29, 0.717) is 13.0 Å². The van der Waals surface area contributed by atoms with Crippen LogP contribution in [0.25, 0.3) is 21.9 Å². The summed E-state index contributed by atoms with van der Waals surface area (Å²) in [5, 5.41) is 4.14. The van der Waals surface area contributed by atoms with Crippen LogP contribution in [0.2, 0.25) is 0 Å². The molecule has 5 heteroatoms. The van der Waals surface area contributed by atoms with E-state index in [1.165, 1.54) is 0 Å². The number of benzene rings is 2. The van der Waals surface area contributed by atoms with Crippen LogP contribution in [0.1, 0.15) is 17.8 Å². The molecule has 0 atom stereocenters. The van der Waals surface area contributed by atoms with Crippen LogP contribution in [0, 0.1) is 6.92 Å². The van der Waals surface area contributed by atoms with Crippen molar-refractivity contribution in [2.75, 3.05) is 6.54 Å². The van der Waals surface area contributed by atoms with Gasteiger partial charge in [-0.1, -0.05) is 30.3 Å². The van der Waals surface area contributed by atoms with Crippen LogP contribution in [0.4, 0.5) is 0 Å². The van der Waals surface area contributed by atoms with Crippen molar-refractivity contribution in [1.82, 2.24) is 19.9 Å². The molecule has 0 aliphatic heterocycles. The van der Waals surface area contributed by atoms with Crippen molar-refractivity contribution in [3.63, 3.8) is 0 Å². The van der Waals surface area contributed by atoms with Gasteiger partial charge >= 0.3 is 0 Å². The molecule has 2 heterocycles. The molecule has 0 aliphatic rings. The lowest BCUT2D eigenvalue weighted by atomic mass is 10.1. The van der Waals surface area contributed by atoms with Gasteiger partial charge in [0.1, 0.15) is 5.82 Å². The molecule has 26 heavy (non-hydrogen) atoms. The van der Waals surface area contributed by atoms with E-state index in [1.807, 2.05) is 55.6 Å². The van der Waals surface area contributed by atoms with Crippen molar-refractivity contribution in [1.29, 1.82) is 0 Å². The number of nitrogens with one attached hydrogen (secondary N) is 2. The Morgan fingerprint density at radius 1 is 1.15 bits per heavy atom. The fourth-order valence-electron chi connectivity index (χ4n) is 3.46. The normalized spacial score (nSPS) is 11.3. The molecule has 2 N–H and O–H groups in total. The van der Waals surface area contributed by atoms with Gasteiger partial charge in [-0.15, -0.1) is 0 Å². The van der Waals surface area contributed by atoms with Crippen molar-refractivity contribution < 1.29 is 4.79 Å². The highest BCUT2D eigenvalue weighted by atomic mass is 16.1. The van der Waals surface area contributed by atoms with Gasteiger partial charge in [-0.25, -0.2) is 4.98 Å². The number of amides is 1. The third-order valence-corrected chi connectivity index (χ3v) is 4.75. The number of carbonyl (C=O) groups excluding carboxylic acids is 1. The number of aromatic nitrogens is 3. The van der Waals surface area contributed by atoms with Gasteiger partial charge in [-0.2, -0.15) is 0 Å². The standard InChI is InChI=1S/C21H22N4O/c1-15-24-19-9-4-5-10-20(19)25(15)12-6-11-22-21(26)13-16-14-23-18-8-3-2-7-17(16)18/h2-5,7-10,14,23H,6,11-13H2,1H3,(H,22,26). The minimum Gasteiger partial charge on any atom is -0.361 e. The van der Waals surface area contributed by atoms with Crippen LogP contribution < -0.4 is 5.32 Å². The molecule has 132 valence electrons. The van der Waals surface area contributed by atoms with Gasteiger partial charge in [0.2, 0.25) is 5.91 Å². The average molecular weight is 346 g/mol. The number of carbonyl (C=O) groups is 1. The SMILES string of the molecule is Cc1nc2ccccc2n1CCCNC(=O)Cc1c[nH]c2ccccc12. The Bertz CT molecular complexity index is 1060. The van der Waals surface area contributed by atoms with E-state index in [4.69, 9.17) is 0 Å². The van der Waals surface area contributed by atoms with E-state index in [-0.39, 0.29) is 5.91 Å². The second kappa shape index (κ2) is 7.04. The summed E-state index contributed by atoms with van der Waals surface area (Å²) in [6, 6.07) is 16.2. The molecule has 0 saturated carbocycles. The molecule has 5 nitrogen and oxygen atoms in total. The topological polar surface area (TPSA) is 62.7 Å². The molecule has 2 aromatic heterocycles. The summed E-state index contributed by atoms with van der Waals surface area (Å²) in [5.41, 5.74) is 4.27. The molecule has 2 aromatic carbocycles. The zero-order chi connectivity index (χ0) is 17.9. The molecule has 1 amide bonds. The van der Waals surface area contributed by atoms with Crippen LogP contribution in [0.5, 0.6) is 0 Å². The zero-order valence-corrected chi connectivity index (χ0v) is 14.8. The molecule has 0 bridgehead atoms. The van der Waals surface area contributed by atoms with E-state index in [2.05, 4.69) is 25.9 Å². The van der Waals surface area contributed by atoms with Crippen molar-refractivity contribution in [2.45, 2.75) is 26.3 Å². The zero-order valence-electron chi connectivity index (χ0n) is 14.8. The minimum atomic E-state index is 0.0574. The second-order valence-corrected chi connectivity index (χ2v) is 6.54. The Kier molecular flexibility index (Phi) is 4.44. The lowest BCUT2D eigenvalue weighted by Gasteiger charge is -2.08. The summed E-state index contributed by atoms with van der Waals surface area (Å²) < 4.78 is 2.21. The highest BCUT2D eigenvalue weighted by Crippen LogP contribution is 2.18. The molecule has 0 radical (unpaired) electrons. The first-order chi connectivity index (χ1) is 12.7. The number of imidazole rings is 1. The van der Waals surface area contributed by atoms with Crippen LogP contribution in [-0.4, -0.2) is 27.0 Å². The van der Waals surface area contributed by atoms with Crippen molar-refractivity contribution in [3.8, 4) is 0 Å². The van der Waals surface area contributed by atoms with Gasteiger partial charge in [0.15, 0.2) is 0 Å². The molecular formula is C21H22N4O. The Labute approximate surface area is 152 Å². The molecule has 0 aliphatic carbocycles. The van der Waals surface area contributed by atoms with E-state index in [9.17, 15) is 4.79 Å². The summed E-state index contributed by atoms with van der Waals surface area (Å²) in [5.74, 6) is 1.07. The van der Waals surface area contributed by atoms with E-state index >= 15 is 0 Å². The average Bonchev–Trinajstić information content (AvgIpc) is 3.20. The number of para-hydroxylation sites is 3. The van der Waals surface area contributed by atoms with Crippen molar-refractivity contribution in [2.24, 2.45) is 0 Å². The van der Waals surface area contributed by atoms with Crippen molar-refractivity contribution in [3.05, 3.63) is 66.1 Å². The summed E-state index contributed by atoms with van der Waals surface area (Å²) >= 11 is 0. The maximum absolute atomic E-state index is 12.3. The summed E-state index contributed by atoms with van der Waals surface area (Å²) in [4.78, 5) is 20.0. The van der Waals surface area contributed by atoms with Crippen LogP contribution in [0.15, 0.2) is 54.7 Å². The van der Waals surface area contributed by atoms with Gasteiger partial charge in [0, 0.05) is 30.2 Å². The number of H-pyrrole nitrogens is 1. The maximum atomic E-state index is 12.3. The van der Waals surface area contributed by atoms with Crippen LogP contribution in [-0.2, 0) is 17.8 Å². The Morgan fingerprint density at radius 2 is 1.96 bits per heavy atom. The molecule has 0 spiro atoms. The number of aromatic amines is 1. The number of nitrogens with zero attached hydrogens (tertiary/aromatic N) is 2. The Hall–Kier alpha value is -3.08. The third-order valence-electron chi connectivity index (χ3n) is 4.75. The first kappa shape index (κ1) is 16.4. The monoisotopic (exact) mass is 346 g/mol. The van der Waals surface area contributed by atoms with Gasteiger partial charge in [-0.05, 0) is 37.1 Å². The summed E-state index contributed by atoms with van der Waals surface area (Å²) in [7, 11) is 0. The van der Waals surface area contributed by atoms with Crippen LogP contribution in [0.3, 0.4) is 0 Å². The summed E-state index contributed by atoms with van der Waals surface area (Å²) in [6.45, 7) is 3.53. The Balaban J connectivity index is 1.32. The second-order valence-electron chi connectivity index (χ2n) is 6.54. The van der Waals surface area contributed by atoms with E-state index in [1.54, 1.807) is 0 Å². The predicted octanol–water partition coefficient (Wildman–Crippen LogP) is 3.58. The fraction of sp³-hybridized carbons (Fsp3) is 0.238. The summed E-state index contributed by atoms with van der Waals surface area (Å²) in [6.07, 6.45) is 3.20. The number of fused-ring (bicyclic) bond motifs is 2. The minimum absolute atomic E-state index is 0.0574. The highest BCUT2D eigenvalue weighted by Gasteiger charge is 2.09. The van der Waals surface area contributed by atoms with Gasteiger partial charge in [-0.3, -0.25) is 4.79 Å². The lowest BCUT2D eigenvalue weighted by molar-refractivity contribution is -0.120. The van der Waals surface area contributed by atoms with E-state index < -0.39 is 0 Å². The van der Waals surface area contributed by atoms with Gasteiger partial charge in [0.05, 0.1) is 17.5 Å². The Morgan fingerprint density at radius 3 is 2.88 bits per heavy atom. The molecule has 0 unspecified atom stereocenters. The largest absolute Gasteiger partial charge is 0.361 e. The third kappa shape index (κ3) is 3.20. The van der Waals surface area contributed by atoms with Crippen molar-refractivity contribution >= 4 is 27.8 Å². The molecule has 4 rings (SSSR count). The first-order valence-corrected chi connectivity index (χ1v) is 8.96. The molecule has 0 saturated heterocycles. The van der Waals surface area contributed by atoms with Crippen LogP contribution >= 0.6 is 0 Å². The van der Waals surface area contributed by atoms with Gasteiger partial charge in [0.25, 0.3) is 0 Å². The highest BCUT2D eigenvalue weighted by molar-refractivity contribution is 5.88. The smallest absolute Gasteiger partial charge is 0.224 e. The van der Waals surface area contributed by atoms with Gasteiger partial charge < -0.3 is 14.9 Å². The fourth-order valence-corrected chi connectivity index (χ4v) is 3.46. The predicted molar refractivity (Wildman–Crippen MR) is 104 cm³/mol. The number of hydrogen-bond acceptors (Lipinski definition) is 2. The lowest BCUT2D eigenvalue weighted by Crippen LogP contribution is -2.26.